The predicted octanol–water partition coefficient (Wildman–Crippen LogP) is 5.36. The Morgan fingerprint density at radius 2 is 2.07 bits per heavy atom. The third kappa shape index (κ3) is 3.68. The fraction of sp³-hybridized carbons (Fsp3) is 0.227. The van der Waals surface area contributed by atoms with E-state index in [1.54, 1.807) is 11.3 Å². The molecule has 4 rings (SSSR count). The predicted molar refractivity (Wildman–Crippen MR) is 115 cm³/mol. The van der Waals surface area contributed by atoms with Crippen molar-refractivity contribution in [2.75, 3.05) is 6.26 Å². The van der Waals surface area contributed by atoms with Crippen LogP contribution in [0.15, 0.2) is 54.0 Å². The van der Waals surface area contributed by atoms with E-state index in [2.05, 4.69) is 40.7 Å². The Kier molecular flexibility index (Phi) is 4.96. The molecule has 6 heteroatoms. The molecule has 0 fully saturated rings. The molecule has 0 bridgehead atoms. The number of H-pyrrole nitrogens is 1. The number of thiophene rings is 1. The summed E-state index contributed by atoms with van der Waals surface area (Å²) >= 11 is 1.72. The van der Waals surface area contributed by atoms with Gasteiger partial charge in [0.05, 0.1) is 11.8 Å². The molecule has 0 spiro atoms. The molecular formula is C22H20N2O2S2. The molecule has 0 aliphatic rings. The zero-order chi connectivity index (χ0) is 19.7. The van der Waals surface area contributed by atoms with Gasteiger partial charge in [-0.05, 0) is 52.1 Å². The number of para-hydroxylation sites is 1. The van der Waals surface area contributed by atoms with Gasteiger partial charge in [-0.2, -0.15) is 5.26 Å². The van der Waals surface area contributed by atoms with Gasteiger partial charge < -0.3 is 4.98 Å². The number of benzene rings is 2. The first-order valence-electron chi connectivity index (χ1n) is 9.07. The Bertz CT molecular complexity index is 1290. The highest BCUT2D eigenvalue weighted by Crippen LogP contribution is 2.37. The minimum Gasteiger partial charge on any atom is -0.361 e. The summed E-state index contributed by atoms with van der Waals surface area (Å²) in [5.41, 5.74) is 3.92. The molecule has 0 amide bonds. The molecule has 0 saturated heterocycles. The molecule has 2 heterocycles. The molecule has 2 aromatic carbocycles. The maximum atomic E-state index is 11.8. The third-order valence-electron chi connectivity index (χ3n) is 5.05. The first-order valence-corrected chi connectivity index (χ1v) is 12.0. The summed E-state index contributed by atoms with van der Waals surface area (Å²) in [7, 11) is -3.13. The van der Waals surface area contributed by atoms with Crippen molar-refractivity contribution in [3.8, 4) is 6.07 Å². The van der Waals surface area contributed by atoms with Gasteiger partial charge in [0.1, 0.15) is 0 Å². The van der Waals surface area contributed by atoms with Crippen LogP contribution in [0.3, 0.4) is 0 Å². The summed E-state index contributed by atoms with van der Waals surface area (Å²) in [5.74, 6) is 0.0831. The molecule has 28 heavy (non-hydrogen) atoms. The summed E-state index contributed by atoms with van der Waals surface area (Å²) in [5, 5.41) is 13.5. The van der Waals surface area contributed by atoms with Crippen molar-refractivity contribution in [2.24, 2.45) is 0 Å². The van der Waals surface area contributed by atoms with Crippen molar-refractivity contribution < 1.29 is 8.42 Å². The van der Waals surface area contributed by atoms with Crippen LogP contribution in [-0.4, -0.2) is 19.7 Å². The van der Waals surface area contributed by atoms with Crippen molar-refractivity contribution in [1.29, 1.82) is 5.26 Å². The second-order valence-corrected chi connectivity index (χ2v) is 10.2. The van der Waals surface area contributed by atoms with Crippen LogP contribution < -0.4 is 0 Å². The Morgan fingerprint density at radius 1 is 1.21 bits per heavy atom. The zero-order valence-corrected chi connectivity index (χ0v) is 17.1. The van der Waals surface area contributed by atoms with Gasteiger partial charge in [0.15, 0.2) is 9.84 Å². The first-order chi connectivity index (χ1) is 13.5. The highest BCUT2D eigenvalue weighted by atomic mass is 32.2. The molecule has 1 N–H and O–H groups in total. The number of aromatic amines is 1. The molecule has 4 nitrogen and oxygen atoms in total. The van der Waals surface area contributed by atoms with Crippen LogP contribution in [0.25, 0.3) is 21.0 Å². The van der Waals surface area contributed by atoms with E-state index >= 15 is 0 Å². The van der Waals surface area contributed by atoms with Gasteiger partial charge in [0.25, 0.3) is 0 Å². The van der Waals surface area contributed by atoms with Gasteiger partial charge in [0, 0.05) is 40.4 Å². The molecule has 2 aromatic heterocycles. The highest BCUT2D eigenvalue weighted by molar-refractivity contribution is 7.89. The van der Waals surface area contributed by atoms with E-state index in [1.807, 2.05) is 24.4 Å². The Balaban J connectivity index is 1.83. The average molecular weight is 409 g/mol. The summed E-state index contributed by atoms with van der Waals surface area (Å²) in [6.07, 6.45) is 4.40. The van der Waals surface area contributed by atoms with Crippen molar-refractivity contribution in [3.63, 3.8) is 0 Å². The monoisotopic (exact) mass is 408 g/mol. The molecule has 1 atom stereocenters. The smallest absolute Gasteiger partial charge is 0.151 e. The number of nitrogens with zero attached hydrogens (tertiary/aromatic N) is 1. The minimum absolute atomic E-state index is 0.00795. The van der Waals surface area contributed by atoms with Gasteiger partial charge in [-0.25, -0.2) is 8.42 Å². The number of hydrogen-bond donors (Lipinski definition) is 1. The lowest BCUT2D eigenvalue weighted by Crippen LogP contribution is -2.02. The first kappa shape index (κ1) is 18.7. The number of aromatic nitrogens is 1. The lowest BCUT2D eigenvalue weighted by molar-refractivity contribution is 0.601. The summed E-state index contributed by atoms with van der Waals surface area (Å²) in [6, 6.07) is 16.6. The average Bonchev–Trinajstić information content (AvgIpc) is 3.28. The topological polar surface area (TPSA) is 73.7 Å². The Hall–Kier alpha value is -2.62. The van der Waals surface area contributed by atoms with Gasteiger partial charge in [-0.15, -0.1) is 11.3 Å². The zero-order valence-electron chi connectivity index (χ0n) is 15.5. The lowest BCUT2D eigenvalue weighted by atomic mass is 9.87. The molecule has 4 aromatic rings. The fourth-order valence-electron chi connectivity index (χ4n) is 3.84. The lowest BCUT2D eigenvalue weighted by Gasteiger charge is -2.16. The molecular weight excluding hydrogens is 388 g/mol. The van der Waals surface area contributed by atoms with Crippen LogP contribution in [0, 0.1) is 11.3 Å². The molecule has 0 aliphatic carbocycles. The van der Waals surface area contributed by atoms with E-state index in [0.717, 1.165) is 28.5 Å². The van der Waals surface area contributed by atoms with Crippen LogP contribution in [0.1, 0.15) is 35.4 Å². The van der Waals surface area contributed by atoms with Crippen molar-refractivity contribution >= 4 is 42.2 Å². The minimum atomic E-state index is -3.13. The largest absolute Gasteiger partial charge is 0.361 e. The third-order valence-corrected chi connectivity index (χ3v) is 6.78. The number of nitrogens with one attached hydrogen (secondary N) is 1. The van der Waals surface area contributed by atoms with Crippen molar-refractivity contribution in [3.05, 3.63) is 70.7 Å². The van der Waals surface area contributed by atoms with E-state index in [1.165, 1.54) is 21.9 Å². The molecule has 0 saturated carbocycles. The van der Waals surface area contributed by atoms with Gasteiger partial charge in [0.2, 0.25) is 0 Å². The van der Waals surface area contributed by atoms with Crippen LogP contribution in [-0.2, 0) is 15.6 Å². The molecule has 1 unspecified atom stereocenters. The Labute approximate surface area is 168 Å². The quantitative estimate of drug-likeness (QED) is 0.466. The second-order valence-electron chi connectivity index (χ2n) is 7.12. The highest BCUT2D eigenvalue weighted by Gasteiger charge is 2.20. The normalized spacial score (nSPS) is 13.0. The number of sulfone groups is 1. The van der Waals surface area contributed by atoms with E-state index in [-0.39, 0.29) is 11.7 Å². The van der Waals surface area contributed by atoms with Crippen LogP contribution in [0.4, 0.5) is 0 Å². The SMILES string of the molecule is CS(=O)(=O)Cc1cccc2c(C(CCC#N)c3ccc4sccc4c3)c[nH]c12. The van der Waals surface area contributed by atoms with Crippen LogP contribution in [0.5, 0.6) is 0 Å². The summed E-state index contributed by atoms with van der Waals surface area (Å²) in [6.45, 7) is 0. The van der Waals surface area contributed by atoms with Crippen molar-refractivity contribution in [2.45, 2.75) is 24.5 Å². The number of hydrogen-bond acceptors (Lipinski definition) is 4. The van der Waals surface area contributed by atoms with Crippen LogP contribution >= 0.6 is 11.3 Å². The van der Waals surface area contributed by atoms with E-state index in [4.69, 9.17) is 5.26 Å². The maximum absolute atomic E-state index is 11.8. The molecule has 142 valence electrons. The second kappa shape index (κ2) is 7.42. The number of rotatable bonds is 6. The number of fused-ring (bicyclic) bond motifs is 2. The van der Waals surface area contributed by atoms with E-state index < -0.39 is 9.84 Å². The van der Waals surface area contributed by atoms with Crippen molar-refractivity contribution in [1.82, 2.24) is 4.98 Å². The van der Waals surface area contributed by atoms with E-state index in [9.17, 15) is 8.42 Å². The maximum Gasteiger partial charge on any atom is 0.151 e. The molecule has 0 radical (unpaired) electrons. The van der Waals surface area contributed by atoms with Crippen LogP contribution in [0.2, 0.25) is 0 Å². The summed E-state index contributed by atoms with van der Waals surface area (Å²) in [4.78, 5) is 3.29. The Morgan fingerprint density at radius 3 is 2.86 bits per heavy atom. The van der Waals surface area contributed by atoms with Gasteiger partial charge in [-0.3, -0.25) is 0 Å². The summed E-state index contributed by atoms with van der Waals surface area (Å²) < 4.78 is 24.8. The van der Waals surface area contributed by atoms with E-state index in [0.29, 0.717) is 6.42 Å². The molecule has 0 aliphatic heterocycles. The number of nitriles is 1. The van der Waals surface area contributed by atoms with Gasteiger partial charge >= 0.3 is 0 Å². The van der Waals surface area contributed by atoms with Gasteiger partial charge in [-0.1, -0.05) is 24.3 Å². The fourth-order valence-corrected chi connectivity index (χ4v) is 5.42. The standard InChI is InChI=1S/C22H20N2O2S2/c1-28(25,26)14-17-4-2-5-19-20(13-24-22(17)19)18(6-3-10-23)15-7-8-21-16(12-15)9-11-27-21/h2,4-5,7-9,11-13,18,24H,3,6,14H2,1H3.